The quantitative estimate of drug-likeness (QED) is 0.697. The minimum absolute atomic E-state index is 0.0118. The van der Waals surface area contributed by atoms with Crippen molar-refractivity contribution in [3.05, 3.63) is 28.2 Å². The number of aromatic nitrogens is 1. The molecule has 0 saturated carbocycles. The molecule has 1 aliphatic heterocycles. The van der Waals surface area contributed by atoms with Crippen LogP contribution in [0, 0.1) is 6.92 Å². The predicted octanol–water partition coefficient (Wildman–Crippen LogP) is 0.993. The largest absolute Gasteiger partial charge is 0.495 e. The van der Waals surface area contributed by atoms with E-state index in [4.69, 9.17) is 9.31 Å². The molecule has 0 amide bonds. The second-order valence-corrected chi connectivity index (χ2v) is 5.90. The molecule has 2 heterocycles. The molecule has 1 aromatic rings. The van der Waals surface area contributed by atoms with Crippen molar-refractivity contribution in [3.63, 3.8) is 0 Å². The molecule has 1 aromatic heterocycles. The molecule has 1 fully saturated rings. The highest BCUT2D eigenvalue weighted by Crippen LogP contribution is 2.36. The van der Waals surface area contributed by atoms with Crippen LogP contribution in [0.15, 0.2) is 17.1 Å². The molecule has 0 aliphatic carbocycles. The molecule has 5 heteroatoms. The molecule has 0 spiro atoms. The normalized spacial score (nSPS) is 21.3. The van der Waals surface area contributed by atoms with Gasteiger partial charge in [0, 0.05) is 18.8 Å². The van der Waals surface area contributed by atoms with Gasteiger partial charge in [0.05, 0.1) is 11.2 Å². The number of nitrogens with zero attached hydrogens (tertiary/aromatic N) is 1. The molecule has 0 unspecified atom stereocenters. The first-order valence-corrected chi connectivity index (χ1v) is 6.17. The summed E-state index contributed by atoms with van der Waals surface area (Å²) in [6, 6.07) is 1.89. The Morgan fingerprint density at radius 3 is 2.17 bits per heavy atom. The second-order valence-electron chi connectivity index (χ2n) is 5.90. The topological polar surface area (TPSA) is 40.5 Å². The lowest BCUT2D eigenvalue weighted by Gasteiger charge is -2.32. The summed E-state index contributed by atoms with van der Waals surface area (Å²) in [4.78, 5) is 11.9. The van der Waals surface area contributed by atoms with Gasteiger partial charge in [-0.3, -0.25) is 4.79 Å². The summed E-state index contributed by atoms with van der Waals surface area (Å²) in [5.74, 6) is 0. The maximum Gasteiger partial charge on any atom is 0.495 e. The van der Waals surface area contributed by atoms with Crippen molar-refractivity contribution in [2.45, 2.75) is 45.8 Å². The number of aryl methyl sites for hydroxylation is 1. The Balaban J connectivity index is 2.42. The minimum atomic E-state index is -0.469. The van der Waals surface area contributed by atoms with Crippen LogP contribution in [-0.2, 0) is 16.4 Å². The van der Waals surface area contributed by atoms with Crippen molar-refractivity contribution < 1.29 is 9.31 Å². The van der Waals surface area contributed by atoms with Gasteiger partial charge in [0.15, 0.2) is 0 Å². The molecular weight excluding hydrogens is 229 g/mol. The van der Waals surface area contributed by atoms with Crippen LogP contribution in [0.1, 0.15) is 33.3 Å². The summed E-state index contributed by atoms with van der Waals surface area (Å²) in [5.41, 5.74) is 0.716. The highest BCUT2D eigenvalue weighted by Gasteiger charge is 2.52. The maximum absolute atomic E-state index is 11.9. The Hall–Kier alpha value is -1.07. The summed E-state index contributed by atoms with van der Waals surface area (Å²) >= 11 is 0. The summed E-state index contributed by atoms with van der Waals surface area (Å²) in [7, 11) is 1.27. The van der Waals surface area contributed by atoms with E-state index in [2.05, 4.69) is 0 Å². The first-order chi connectivity index (χ1) is 8.16. The van der Waals surface area contributed by atoms with E-state index in [1.54, 1.807) is 17.8 Å². The number of hydrogen-bond donors (Lipinski definition) is 0. The zero-order valence-electron chi connectivity index (χ0n) is 11.9. The molecule has 4 nitrogen and oxygen atoms in total. The zero-order valence-corrected chi connectivity index (χ0v) is 11.9. The first kappa shape index (κ1) is 13.4. The van der Waals surface area contributed by atoms with Crippen LogP contribution in [-0.4, -0.2) is 22.9 Å². The monoisotopic (exact) mass is 249 g/mol. The number of pyridine rings is 1. The van der Waals surface area contributed by atoms with E-state index in [9.17, 15) is 4.79 Å². The molecule has 0 radical (unpaired) electrons. The van der Waals surface area contributed by atoms with Crippen molar-refractivity contribution in [3.8, 4) is 0 Å². The lowest BCUT2D eigenvalue weighted by Crippen LogP contribution is -2.41. The smallest absolute Gasteiger partial charge is 0.399 e. The van der Waals surface area contributed by atoms with Crippen molar-refractivity contribution >= 4 is 12.6 Å². The third-order valence-corrected chi connectivity index (χ3v) is 4.06. The summed E-state index contributed by atoms with van der Waals surface area (Å²) in [6.45, 7) is 9.82. The van der Waals surface area contributed by atoms with Crippen LogP contribution in [0.4, 0.5) is 0 Å². The molecule has 1 aliphatic rings. The Bertz CT molecular complexity index is 518. The van der Waals surface area contributed by atoms with Crippen LogP contribution < -0.4 is 11.0 Å². The zero-order chi connectivity index (χ0) is 13.7. The molecule has 2 rings (SSSR count). The molecule has 98 valence electrons. The van der Waals surface area contributed by atoms with E-state index in [-0.39, 0.29) is 16.8 Å². The Labute approximate surface area is 108 Å². The Kier molecular flexibility index (Phi) is 2.95. The average molecular weight is 249 g/mol. The third kappa shape index (κ3) is 1.91. The first-order valence-electron chi connectivity index (χ1n) is 6.17. The fourth-order valence-electron chi connectivity index (χ4n) is 2.00. The van der Waals surface area contributed by atoms with Crippen LogP contribution in [0.2, 0.25) is 0 Å². The molecule has 18 heavy (non-hydrogen) atoms. The van der Waals surface area contributed by atoms with Gasteiger partial charge in [-0.05, 0) is 46.1 Å². The van der Waals surface area contributed by atoms with E-state index in [0.717, 1.165) is 5.46 Å². The van der Waals surface area contributed by atoms with Crippen LogP contribution in [0.5, 0.6) is 0 Å². The van der Waals surface area contributed by atoms with Crippen molar-refractivity contribution in [1.82, 2.24) is 4.57 Å². The number of hydrogen-bond acceptors (Lipinski definition) is 3. The lowest BCUT2D eigenvalue weighted by molar-refractivity contribution is 0.00578. The highest BCUT2D eigenvalue weighted by atomic mass is 16.7. The highest BCUT2D eigenvalue weighted by molar-refractivity contribution is 6.62. The van der Waals surface area contributed by atoms with Crippen LogP contribution >= 0.6 is 0 Å². The van der Waals surface area contributed by atoms with Crippen LogP contribution in [0.3, 0.4) is 0 Å². The van der Waals surface area contributed by atoms with Gasteiger partial charge in [0.2, 0.25) is 0 Å². The Morgan fingerprint density at radius 2 is 1.67 bits per heavy atom. The predicted molar refractivity (Wildman–Crippen MR) is 72.1 cm³/mol. The van der Waals surface area contributed by atoms with E-state index in [1.165, 1.54) is 0 Å². The van der Waals surface area contributed by atoms with E-state index >= 15 is 0 Å². The second kappa shape index (κ2) is 3.97. The van der Waals surface area contributed by atoms with Gasteiger partial charge < -0.3 is 13.9 Å². The molecule has 0 atom stereocenters. The lowest BCUT2D eigenvalue weighted by atomic mass is 9.77. The molecular formula is C13H20BNO3. The van der Waals surface area contributed by atoms with E-state index in [0.29, 0.717) is 5.56 Å². The molecule has 0 N–H and O–H groups in total. The van der Waals surface area contributed by atoms with E-state index in [1.807, 2.05) is 40.7 Å². The van der Waals surface area contributed by atoms with Crippen LogP contribution in [0.25, 0.3) is 0 Å². The molecule has 0 aromatic carbocycles. The van der Waals surface area contributed by atoms with Gasteiger partial charge in [-0.1, -0.05) is 0 Å². The third-order valence-electron chi connectivity index (χ3n) is 4.06. The SMILES string of the molecule is Cc1c(B2OC(C)(C)C(C)(C)O2)ccn(C)c1=O. The average Bonchev–Trinajstić information content (AvgIpc) is 2.45. The fraction of sp³-hybridized carbons (Fsp3) is 0.615. The summed E-state index contributed by atoms with van der Waals surface area (Å²) in [6.07, 6.45) is 1.75. The molecule has 1 saturated heterocycles. The van der Waals surface area contributed by atoms with Crippen molar-refractivity contribution in [2.24, 2.45) is 7.05 Å². The summed E-state index contributed by atoms with van der Waals surface area (Å²) in [5, 5.41) is 0. The van der Waals surface area contributed by atoms with Crippen molar-refractivity contribution in [2.75, 3.05) is 0 Å². The summed E-state index contributed by atoms with van der Waals surface area (Å²) < 4.78 is 13.5. The van der Waals surface area contributed by atoms with Gasteiger partial charge in [0.1, 0.15) is 0 Å². The van der Waals surface area contributed by atoms with E-state index < -0.39 is 7.12 Å². The fourth-order valence-corrected chi connectivity index (χ4v) is 2.00. The standard InChI is InChI=1S/C13H20BNO3/c1-9-10(7-8-15(6)11(9)16)14-17-12(2,3)13(4,5)18-14/h7-8H,1-6H3. The Morgan fingerprint density at radius 1 is 1.17 bits per heavy atom. The van der Waals surface area contributed by atoms with Crippen molar-refractivity contribution in [1.29, 1.82) is 0 Å². The van der Waals surface area contributed by atoms with Gasteiger partial charge in [-0.25, -0.2) is 0 Å². The maximum atomic E-state index is 11.9. The van der Waals surface area contributed by atoms with Gasteiger partial charge in [0.25, 0.3) is 5.56 Å². The van der Waals surface area contributed by atoms with Gasteiger partial charge in [-0.2, -0.15) is 0 Å². The minimum Gasteiger partial charge on any atom is -0.399 e. The van der Waals surface area contributed by atoms with Gasteiger partial charge in [-0.15, -0.1) is 0 Å². The van der Waals surface area contributed by atoms with Gasteiger partial charge >= 0.3 is 7.12 Å². The molecule has 0 bridgehead atoms. The number of rotatable bonds is 1.